The molecule has 6 N–H and O–H groups in total. The van der Waals surface area contributed by atoms with Crippen molar-refractivity contribution in [2.45, 2.75) is 43.9 Å². The quantitative estimate of drug-likeness (QED) is 0.0842. The molecule has 0 bridgehead atoms. The molecular weight excluding hydrogens is 602 g/mol. The maximum absolute atomic E-state index is 12.9. The zero-order valence-corrected chi connectivity index (χ0v) is 27.2. The number of nitrogens with one attached hydrogen (secondary N) is 2. The van der Waals surface area contributed by atoms with Gasteiger partial charge >= 0.3 is 0 Å². The summed E-state index contributed by atoms with van der Waals surface area (Å²) < 4.78 is 14.5. The standard InChI is InChI=1S/C35H45N5O7/c1-40(2,3)16-15-36-33(45)25-10-8-9-24(20-25)26-14-13-23(19-29(26)46-18-7-6-17-41)21-37-35-38-27-11-4-5-12-28(27)39(35)34-32(44)31(43)30(22-42)47-34/h4-5,8-14,19-20,30-32,34,41-44H,6-7,15-18,21-22H2,1-3H3,(H-,36,37,38,45)/p+1/t30-,31-,32-,34-/m1/s1. The van der Waals surface area contributed by atoms with E-state index in [9.17, 15) is 25.2 Å². The van der Waals surface area contributed by atoms with E-state index < -0.39 is 31.1 Å². The minimum absolute atomic E-state index is 0.0852. The molecule has 0 aliphatic carbocycles. The number of rotatable bonds is 15. The van der Waals surface area contributed by atoms with Crippen LogP contribution in [0.3, 0.4) is 0 Å². The second-order valence-electron chi connectivity index (χ2n) is 12.8. The van der Waals surface area contributed by atoms with Gasteiger partial charge in [-0.1, -0.05) is 36.4 Å². The van der Waals surface area contributed by atoms with Crippen molar-refractivity contribution in [2.24, 2.45) is 0 Å². The first-order valence-corrected chi connectivity index (χ1v) is 16.0. The number of hydrogen-bond donors (Lipinski definition) is 6. The zero-order chi connectivity index (χ0) is 33.6. The van der Waals surface area contributed by atoms with Crippen molar-refractivity contribution in [3.8, 4) is 16.9 Å². The van der Waals surface area contributed by atoms with Crippen molar-refractivity contribution in [2.75, 3.05) is 59.4 Å². The molecule has 252 valence electrons. The summed E-state index contributed by atoms with van der Waals surface area (Å²) >= 11 is 0. The first kappa shape index (κ1) is 34.3. The molecule has 0 saturated carbocycles. The van der Waals surface area contributed by atoms with Crippen molar-refractivity contribution < 1.29 is 39.2 Å². The fraction of sp³-hybridized carbons (Fsp3) is 0.429. The summed E-state index contributed by atoms with van der Waals surface area (Å²) in [6.07, 6.45) is -3.09. The predicted octanol–water partition coefficient (Wildman–Crippen LogP) is 2.51. The lowest BCUT2D eigenvalue weighted by atomic mass is 10.00. The van der Waals surface area contributed by atoms with Crippen molar-refractivity contribution in [1.29, 1.82) is 0 Å². The van der Waals surface area contributed by atoms with Crippen LogP contribution in [0.2, 0.25) is 0 Å². The highest BCUT2D eigenvalue weighted by molar-refractivity contribution is 5.95. The number of para-hydroxylation sites is 2. The Morgan fingerprint density at radius 1 is 1.00 bits per heavy atom. The number of carbonyl (C=O) groups excluding carboxylic acids is 1. The Kier molecular flexibility index (Phi) is 11.1. The molecule has 3 aromatic carbocycles. The van der Waals surface area contributed by atoms with E-state index in [1.165, 1.54) is 0 Å². The Labute approximate surface area is 274 Å². The molecule has 1 aromatic heterocycles. The van der Waals surface area contributed by atoms with Gasteiger partial charge in [0.15, 0.2) is 6.23 Å². The number of ether oxygens (including phenoxy) is 2. The average molecular weight is 649 g/mol. The molecule has 1 aliphatic rings. The summed E-state index contributed by atoms with van der Waals surface area (Å²) in [6, 6.07) is 20.8. The molecule has 2 heterocycles. The molecular formula is C35H46N5O7+. The molecule has 12 nitrogen and oxygen atoms in total. The van der Waals surface area contributed by atoms with Gasteiger partial charge in [0.2, 0.25) is 5.95 Å². The normalized spacial score (nSPS) is 19.6. The number of fused-ring (bicyclic) bond motifs is 1. The molecule has 5 rings (SSSR count). The molecule has 12 heteroatoms. The number of hydrogen-bond acceptors (Lipinski definition) is 9. The van der Waals surface area contributed by atoms with Gasteiger partial charge in [-0.05, 0) is 54.3 Å². The molecule has 1 amide bonds. The maximum atomic E-state index is 12.9. The van der Waals surface area contributed by atoms with Crippen LogP contribution >= 0.6 is 0 Å². The number of amides is 1. The third kappa shape index (κ3) is 8.28. The van der Waals surface area contributed by atoms with Gasteiger partial charge in [-0.15, -0.1) is 0 Å². The van der Waals surface area contributed by atoms with Crippen LogP contribution in [0.1, 0.15) is 35.0 Å². The fourth-order valence-corrected chi connectivity index (χ4v) is 5.57. The fourth-order valence-electron chi connectivity index (χ4n) is 5.57. The van der Waals surface area contributed by atoms with E-state index in [0.717, 1.165) is 27.7 Å². The number of benzene rings is 3. The number of aliphatic hydroxyl groups excluding tert-OH is 4. The molecule has 4 atom stereocenters. The topological polar surface area (TPSA) is 158 Å². The molecule has 1 saturated heterocycles. The lowest BCUT2D eigenvalue weighted by Crippen LogP contribution is -2.41. The summed E-state index contributed by atoms with van der Waals surface area (Å²) in [5.41, 5.74) is 4.50. The number of aromatic nitrogens is 2. The van der Waals surface area contributed by atoms with Gasteiger partial charge in [0.05, 0.1) is 58.5 Å². The van der Waals surface area contributed by atoms with Crippen LogP contribution in [0.4, 0.5) is 5.95 Å². The van der Waals surface area contributed by atoms with E-state index in [4.69, 9.17) is 14.5 Å². The number of carbonyl (C=O) groups is 1. The van der Waals surface area contributed by atoms with Crippen LogP contribution in [-0.2, 0) is 11.3 Å². The highest BCUT2D eigenvalue weighted by atomic mass is 16.6. The SMILES string of the molecule is C[N+](C)(C)CCNC(=O)c1cccc(-c2ccc(CNc3nc4ccccc4n3[C@@H]3O[C@H](CO)[C@@H](O)[C@H]3O)cc2OCCCCO)c1. The van der Waals surface area contributed by atoms with Crippen LogP contribution in [0.25, 0.3) is 22.2 Å². The highest BCUT2D eigenvalue weighted by Crippen LogP contribution is 2.36. The van der Waals surface area contributed by atoms with E-state index in [1.54, 1.807) is 10.6 Å². The smallest absolute Gasteiger partial charge is 0.251 e. The van der Waals surface area contributed by atoms with Crippen LogP contribution in [-0.4, -0.2) is 113 Å². The van der Waals surface area contributed by atoms with Crippen LogP contribution in [0.5, 0.6) is 5.75 Å². The zero-order valence-electron chi connectivity index (χ0n) is 27.2. The van der Waals surface area contributed by atoms with E-state index in [-0.39, 0.29) is 12.5 Å². The minimum Gasteiger partial charge on any atom is -0.493 e. The number of imidazole rings is 1. The number of anilines is 1. The summed E-state index contributed by atoms with van der Waals surface area (Å²) in [5.74, 6) is 0.935. The van der Waals surface area contributed by atoms with Crippen LogP contribution in [0.15, 0.2) is 66.7 Å². The van der Waals surface area contributed by atoms with Crippen molar-refractivity contribution in [1.82, 2.24) is 14.9 Å². The van der Waals surface area contributed by atoms with Gasteiger partial charge in [-0.2, -0.15) is 0 Å². The average Bonchev–Trinajstić information content (AvgIpc) is 3.56. The summed E-state index contributed by atoms with van der Waals surface area (Å²) in [7, 11) is 6.24. The number of likely N-dealkylation sites (N-methyl/N-ethyl adjacent to an activating group) is 1. The Hall–Kier alpha value is -4.04. The van der Waals surface area contributed by atoms with E-state index in [2.05, 4.69) is 31.8 Å². The van der Waals surface area contributed by atoms with Crippen molar-refractivity contribution in [3.63, 3.8) is 0 Å². The van der Waals surface area contributed by atoms with Gasteiger partial charge in [0.1, 0.15) is 24.1 Å². The largest absolute Gasteiger partial charge is 0.493 e. The molecule has 0 unspecified atom stereocenters. The van der Waals surface area contributed by atoms with Crippen LogP contribution in [0, 0.1) is 0 Å². The maximum Gasteiger partial charge on any atom is 0.251 e. The Balaban J connectivity index is 1.39. The number of quaternary nitrogens is 1. The Morgan fingerprint density at radius 3 is 2.55 bits per heavy atom. The molecule has 1 aliphatic heterocycles. The molecule has 47 heavy (non-hydrogen) atoms. The summed E-state index contributed by atoms with van der Waals surface area (Å²) in [6.45, 7) is 1.79. The third-order valence-corrected chi connectivity index (χ3v) is 8.18. The first-order chi connectivity index (χ1) is 22.6. The van der Waals surface area contributed by atoms with Gasteiger partial charge in [-0.25, -0.2) is 4.98 Å². The van der Waals surface area contributed by atoms with E-state index >= 15 is 0 Å². The highest BCUT2D eigenvalue weighted by Gasteiger charge is 2.44. The first-order valence-electron chi connectivity index (χ1n) is 16.0. The number of unbranched alkanes of at least 4 members (excludes halogenated alkanes) is 1. The lowest BCUT2D eigenvalue weighted by Gasteiger charge is -2.23. The summed E-state index contributed by atoms with van der Waals surface area (Å²) in [5, 5.41) is 46.5. The second-order valence-corrected chi connectivity index (χ2v) is 12.8. The van der Waals surface area contributed by atoms with Crippen molar-refractivity contribution >= 4 is 22.9 Å². The summed E-state index contributed by atoms with van der Waals surface area (Å²) in [4.78, 5) is 17.7. The molecule has 0 spiro atoms. The van der Waals surface area contributed by atoms with Gasteiger partial charge < -0.3 is 45.0 Å². The predicted molar refractivity (Wildman–Crippen MR) is 179 cm³/mol. The van der Waals surface area contributed by atoms with Gasteiger partial charge in [0, 0.05) is 24.3 Å². The number of nitrogens with zero attached hydrogens (tertiary/aromatic N) is 3. The monoisotopic (exact) mass is 648 g/mol. The number of aliphatic hydroxyl groups is 4. The van der Waals surface area contributed by atoms with E-state index in [1.807, 2.05) is 60.7 Å². The van der Waals surface area contributed by atoms with Gasteiger partial charge in [0.25, 0.3) is 5.91 Å². The molecule has 4 aromatic rings. The second kappa shape index (κ2) is 15.2. The molecule has 1 fully saturated rings. The minimum atomic E-state index is -1.26. The lowest BCUT2D eigenvalue weighted by molar-refractivity contribution is -0.869. The van der Waals surface area contributed by atoms with Gasteiger partial charge in [-0.3, -0.25) is 9.36 Å². The Morgan fingerprint density at radius 2 is 1.81 bits per heavy atom. The van der Waals surface area contributed by atoms with Crippen LogP contribution < -0.4 is 15.4 Å². The van der Waals surface area contributed by atoms with E-state index in [0.29, 0.717) is 60.8 Å². The van der Waals surface area contributed by atoms with Crippen molar-refractivity contribution in [3.05, 3.63) is 77.9 Å². The Bertz CT molecular complexity index is 1650. The third-order valence-electron chi connectivity index (χ3n) is 8.18. The molecule has 0 radical (unpaired) electrons.